The van der Waals surface area contributed by atoms with Crippen molar-refractivity contribution in [2.75, 3.05) is 7.11 Å². The number of carbonyl (C=O) groups excluding carboxylic acids is 1. The third-order valence-electron chi connectivity index (χ3n) is 4.43. The second kappa shape index (κ2) is 6.84. The minimum absolute atomic E-state index is 0.00557. The van der Waals surface area contributed by atoms with Crippen molar-refractivity contribution in [2.24, 2.45) is 0 Å². The lowest BCUT2D eigenvalue weighted by molar-refractivity contribution is 0.0842. The van der Waals surface area contributed by atoms with E-state index >= 15 is 0 Å². The van der Waals surface area contributed by atoms with Crippen molar-refractivity contribution in [3.63, 3.8) is 0 Å². The fourth-order valence-electron chi connectivity index (χ4n) is 3.12. The SMILES string of the molecule is COc1ccc(/C=C2\c3ccccc3C(=O)N2Cc2ccccn2)cc1. The van der Waals surface area contributed by atoms with Gasteiger partial charge >= 0.3 is 0 Å². The molecule has 1 aliphatic rings. The molecule has 4 nitrogen and oxygen atoms in total. The number of benzene rings is 2. The average Bonchev–Trinajstić information content (AvgIpc) is 2.95. The van der Waals surface area contributed by atoms with Gasteiger partial charge in [0.15, 0.2) is 0 Å². The summed E-state index contributed by atoms with van der Waals surface area (Å²) < 4.78 is 5.22. The maximum absolute atomic E-state index is 12.9. The van der Waals surface area contributed by atoms with Crippen LogP contribution in [-0.2, 0) is 6.54 Å². The number of rotatable bonds is 4. The summed E-state index contributed by atoms with van der Waals surface area (Å²) in [6.45, 7) is 0.441. The van der Waals surface area contributed by atoms with E-state index in [1.165, 1.54) is 0 Å². The summed E-state index contributed by atoms with van der Waals surface area (Å²) in [4.78, 5) is 19.1. The molecule has 0 N–H and O–H groups in total. The highest BCUT2D eigenvalue weighted by Crippen LogP contribution is 2.35. The monoisotopic (exact) mass is 342 g/mol. The topological polar surface area (TPSA) is 42.4 Å². The second-order valence-electron chi connectivity index (χ2n) is 6.06. The predicted octanol–water partition coefficient (Wildman–Crippen LogP) is 4.24. The van der Waals surface area contributed by atoms with Crippen LogP contribution in [0.4, 0.5) is 0 Å². The molecule has 0 atom stereocenters. The maximum atomic E-state index is 12.9. The Bertz CT molecular complexity index is 963. The molecule has 0 saturated carbocycles. The van der Waals surface area contributed by atoms with Crippen molar-refractivity contribution < 1.29 is 9.53 Å². The largest absolute Gasteiger partial charge is 0.497 e. The highest BCUT2D eigenvalue weighted by Gasteiger charge is 2.32. The molecular formula is C22H18N2O2. The van der Waals surface area contributed by atoms with Crippen LogP contribution in [0.3, 0.4) is 0 Å². The fraction of sp³-hybridized carbons (Fsp3) is 0.0909. The van der Waals surface area contributed by atoms with E-state index in [1.807, 2.05) is 72.8 Å². The zero-order valence-electron chi connectivity index (χ0n) is 14.4. The van der Waals surface area contributed by atoms with Crippen molar-refractivity contribution in [2.45, 2.75) is 6.54 Å². The van der Waals surface area contributed by atoms with Crippen LogP contribution < -0.4 is 4.74 Å². The van der Waals surface area contributed by atoms with E-state index < -0.39 is 0 Å². The number of nitrogens with zero attached hydrogens (tertiary/aromatic N) is 2. The van der Waals surface area contributed by atoms with E-state index in [9.17, 15) is 4.79 Å². The van der Waals surface area contributed by atoms with Crippen LogP contribution in [0.2, 0.25) is 0 Å². The van der Waals surface area contributed by atoms with Crippen molar-refractivity contribution in [3.8, 4) is 5.75 Å². The molecule has 26 heavy (non-hydrogen) atoms. The number of methoxy groups -OCH3 is 1. The lowest BCUT2D eigenvalue weighted by Crippen LogP contribution is -2.23. The van der Waals surface area contributed by atoms with Gasteiger partial charge in [-0.25, -0.2) is 0 Å². The number of aromatic nitrogens is 1. The van der Waals surface area contributed by atoms with Crippen LogP contribution in [0.25, 0.3) is 11.8 Å². The van der Waals surface area contributed by atoms with E-state index in [-0.39, 0.29) is 5.91 Å². The molecule has 1 amide bonds. The minimum Gasteiger partial charge on any atom is -0.497 e. The number of hydrogen-bond acceptors (Lipinski definition) is 3. The van der Waals surface area contributed by atoms with Gasteiger partial charge in [-0.1, -0.05) is 36.4 Å². The zero-order valence-corrected chi connectivity index (χ0v) is 14.4. The molecule has 0 fully saturated rings. The molecule has 3 aromatic rings. The molecule has 4 heteroatoms. The summed E-state index contributed by atoms with van der Waals surface area (Å²) in [7, 11) is 1.65. The van der Waals surface area contributed by atoms with Crippen LogP contribution in [0.15, 0.2) is 72.9 Å². The van der Waals surface area contributed by atoms with Gasteiger partial charge in [0.25, 0.3) is 5.91 Å². The van der Waals surface area contributed by atoms with Gasteiger partial charge in [-0.15, -0.1) is 0 Å². The first-order chi connectivity index (χ1) is 12.8. The van der Waals surface area contributed by atoms with Crippen LogP contribution in [-0.4, -0.2) is 22.9 Å². The van der Waals surface area contributed by atoms with E-state index in [4.69, 9.17) is 4.74 Å². The molecule has 128 valence electrons. The second-order valence-corrected chi connectivity index (χ2v) is 6.06. The van der Waals surface area contributed by atoms with Gasteiger partial charge in [-0.05, 0) is 42.0 Å². The van der Waals surface area contributed by atoms with Crippen molar-refractivity contribution in [1.29, 1.82) is 0 Å². The smallest absolute Gasteiger partial charge is 0.259 e. The third kappa shape index (κ3) is 2.97. The van der Waals surface area contributed by atoms with E-state index in [0.29, 0.717) is 6.54 Å². The Kier molecular flexibility index (Phi) is 4.23. The van der Waals surface area contributed by atoms with Crippen LogP contribution in [0, 0.1) is 0 Å². The standard InChI is InChI=1S/C22H18N2O2/c1-26-18-11-9-16(10-12-18)14-21-19-7-2-3-8-20(19)22(25)24(21)15-17-6-4-5-13-23-17/h2-14H,15H2,1H3/b21-14+. The van der Waals surface area contributed by atoms with Crippen LogP contribution in [0.1, 0.15) is 27.2 Å². The van der Waals surface area contributed by atoms with Gasteiger partial charge in [-0.3, -0.25) is 9.78 Å². The first kappa shape index (κ1) is 16.1. The van der Waals surface area contributed by atoms with Gasteiger partial charge in [0.05, 0.1) is 25.0 Å². The molecule has 2 aromatic carbocycles. The van der Waals surface area contributed by atoms with Gasteiger partial charge in [0.2, 0.25) is 0 Å². The molecular weight excluding hydrogens is 324 g/mol. The number of amides is 1. The van der Waals surface area contributed by atoms with Gasteiger partial charge < -0.3 is 9.64 Å². The summed E-state index contributed by atoms with van der Waals surface area (Å²) >= 11 is 0. The van der Waals surface area contributed by atoms with Gasteiger partial charge in [0, 0.05) is 17.3 Å². The number of ether oxygens (including phenoxy) is 1. The number of fused-ring (bicyclic) bond motifs is 1. The summed E-state index contributed by atoms with van der Waals surface area (Å²) in [5.41, 5.74) is 4.43. The fourth-order valence-corrected chi connectivity index (χ4v) is 3.12. The maximum Gasteiger partial charge on any atom is 0.259 e. The van der Waals surface area contributed by atoms with E-state index in [0.717, 1.165) is 33.8 Å². The normalized spacial score (nSPS) is 14.6. The van der Waals surface area contributed by atoms with Crippen molar-refractivity contribution in [3.05, 3.63) is 95.3 Å². The summed E-state index contributed by atoms with van der Waals surface area (Å²) in [5.74, 6) is 0.811. The summed E-state index contributed by atoms with van der Waals surface area (Å²) in [5, 5.41) is 0. The van der Waals surface area contributed by atoms with Gasteiger partial charge in [-0.2, -0.15) is 0 Å². The molecule has 0 aliphatic carbocycles. The molecule has 1 aromatic heterocycles. The first-order valence-corrected chi connectivity index (χ1v) is 8.43. The minimum atomic E-state index is 0.00557. The van der Waals surface area contributed by atoms with E-state index in [1.54, 1.807) is 18.2 Å². The Labute approximate surface area is 152 Å². The average molecular weight is 342 g/mol. The highest BCUT2D eigenvalue weighted by molar-refractivity contribution is 6.11. The third-order valence-corrected chi connectivity index (χ3v) is 4.43. The Morgan fingerprint density at radius 1 is 0.962 bits per heavy atom. The first-order valence-electron chi connectivity index (χ1n) is 8.43. The quantitative estimate of drug-likeness (QED) is 0.712. The molecule has 0 spiro atoms. The van der Waals surface area contributed by atoms with Crippen LogP contribution >= 0.6 is 0 Å². The lowest BCUT2D eigenvalue weighted by Gasteiger charge is -2.18. The van der Waals surface area contributed by atoms with Crippen molar-refractivity contribution in [1.82, 2.24) is 9.88 Å². The Morgan fingerprint density at radius 3 is 2.38 bits per heavy atom. The van der Waals surface area contributed by atoms with E-state index in [2.05, 4.69) is 4.98 Å². The zero-order chi connectivity index (χ0) is 17.9. The molecule has 2 heterocycles. The predicted molar refractivity (Wildman–Crippen MR) is 101 cm³/mol. The number of hydrogen-bond donors (Lipinski definition) is 0. The molecule has 0 unspecified atom stereocenters. The van der Waals surface area contributed by atoms with Crippen molar-refractivity contribution >= 4 is 17.7 Å². The van der Waals surface area contributed by atoms with Crippen LogP contribution in [0.5, 0.6) is 5.75 Å². The summed E-state index contributed by atoms with van der Waals surface area (Å²) in [6, 6.07) is 21.2. The number of pyridine rings is 1. The van der Waals surface area contributed by atoms with Gasteiger partial charge in [0.1, 0.15) is 5.75 Å². The number of carbonyl (C=O) groups is 1. The highest BCUT2D eigenvalue weighted by atomic mass is 16.5. The molecule has 4 rings (SSSR count). The Balaban J connectivity index is 1.76. The Morgan fingerprint density at radius 2 is 1.69 bits per heavy atom. The molecule has 1 aliphatic heterocycles. The molecule has 0 radical (unpaired) electrons. The molecule has 0 bridgehead atoms. The molecule has 0 saturated heterocycles. The Hall–Kier alpha value is -3.40. The lowest BCUT2D eigenvalue weighted by atomic mass is 10.1. The summed E-state index contributed by atoms with van der Waals surface area (Å²) in [6.07, 6.45) is 3.78.